The van der Waals surface area contributed by atoms with Crippen molar-refractivity contribution in [1.82, 2.24) is 0 Å². The first-order valence-electron chi connectivity index (χ1n) is 5.19. The first-order chi connectivity index (χ1) is 6.59. The number of allylic oxidation sites excluding steroid dienone is 1. The van der Waals surface area contributed by atoms with Crippen LogP contribution in [0.1, 0.15) is 32.1 Å². The van der Waals surface area contributed by atoms with Gasteiger partial charge in [0, 0.05) is 10.7 Å². The van der Waals surface area contributed by atoms with E-state index in [0.717, 1.165) is 25.7 Å². The number of hydrogen-bond donors (Lipinski definition) is 0. The van der Waals surface area contributed by atoms with Gasteiger partial charge >= 0.3 is 0 Å². The Bertz CT molecular complexity index is 334. The lowest BCUT2D eigenvalue weighted by Crippen LogP contribution is -2.35. The van der Waals surface area contributed by atoms with Crippen LogP contribution < -0.4 is 0 Å². The van der Waals surface area contributed by atoms with Crippen LogP contribution in [0.5, 0.6) is 0 Å². The summed E-state index contributed by atoms with van der Waals surface area (Å²) in [5.74, 6) is 0.823. The first-order valence-corrected chi connectivity index (χ1v) is 7.56. The van der Waals surface area contributed by atoms with E-state index in [-0.39, 0.29) is 5.92 Å². The Hall–Kier alpha value is -0.0200. The summed E-state index contributed by atoms with van der Waals surface area (Å²) >= 11 is 0. The van der Waals surface area contributed by atoms with E-state index in [4.69, 9.17) is 10.7 Å². The van der Waals surface area contributed by atoms with Crippen molar-refractivity contribution in [3.63, 3.8) is 0 Å². The van der Waals surface area contributed by atoms with E-state index in [9.17, 15) is 8.42 Å². The highest BCUT2D eigenvalue weighted by Crippen LogP contribution is 2.41. The summed E-state index contributed by atoms with van der Waals surface area (Å²) < 4.78 is 22.7. The lowest BCUT2D eigenvalue weighted by atomic mass is 9.73. The Kier molecular flexibility index (Phi) is 2.89. The third kappa shape index (κ3) is 1.98. The van der Waals surface area contributed by atoms with Gasteiger partial charge in [-0.1, -0.05) is 25.0 Å². The smallest absolute Gasteiger partial charge is 0.212 e. The van der Waals surface area contributed by atoms with Crippen LogP contribution in [0.25, 0.3) is 0 Å². The summed E-state index contributed by atoms with van der Waals surface area (Å²) in [4.78, 5) is 0. The fourth-order valence-electron chi connectivity index (χ4n) is 2.79. The minimum atomic E-state index is -3.41. The maximum absolute atomic E-state index is 11.4. The lowest BCUT2D eigenvalue weighted by molar-refractivity contribution is 0.234. The molecule has 0 saturated heterocycles. The Balaban J connectivity index is 2.25. The van der Waals surface area contributed by atoms with Crippen molar-refractivity contribution in [2.24, 2.45) is 11.8 Å². The number of halogens is 1. The Labute approximate surface area is 89.8 Å². The summed E-state index contributed by atoms with van der Waals surface area (Å²) in [6.07, 6.45) is 9.38. The molecular weight excluding hydrogens is 220 g/mol. The molecule has 1 fully saturated rings. The molecule has 80 valence electrons. The molecule has 0 bridgehead atoms. The fourth-order valence-corrected chi connectivity index (χ4v) is 4.44. The van der Waals surface area contributed by atoms with E-state index in [0.29, 0.717) is 5.92 Å². The predicted molar refractivity (Wildman–Crippen MR) is 57.8 cm³/mol. The highest BCUT2D eigenvalue weighted by Gasteiger charge is 2.38. The molecule has 0 aliphatic heterocycles. The molecule has 3 unspecified atom stereocenters. The standard InChI is InChI=1S/C10H15ClO2S/c11-14(12,13)10-7-3-5-8-4-1-2-6-9(8)10/h3,7-10H,1-2,4-6H2. The molecule has 3 atom stereocenters. The highest BCUT2D eigenvalue weighted by atomic mass is 35.7. The predicted octanol–water partition coefficient (Wildman–Crippen LogP) is 2.69. The second kappa shape index (κ2) is 3.86. The molecule has 4 heteroatoms. The topological polar surface area (TPSA) is 34.1 Å². The van der Waals surface area contributed by atoms with Gasteiger partial charge in [-0.2, -0.15) is 0 Å². The zero-order chi connectivity index (χ0) is 10.2. The van der Waals surface area contributed by atoms with E-state index < -0.39 is 14.3 Å². The van der Waals surface area contributed by atoms with Crippen LogP contribution in [-0.4, -0.2) is 13.7 Å². The molecule has 0 aromatic rings. The minimum absolute atomic E-state index is 0.274. The van der Waals surface area contributed by atoms with Crippen molar-refractivity contribution in [2.45, 2.75) is 37.4 Å². The average molecular weight is 235 g/mol. The van der Waals surface area contributed by atoms with Crippen LogP contribution in [0.4, 0.5) is 0 Å². The maximum atomic E-state index is 11.4. The number of hydrogen-bond acceptors (Lipinski definition) is 2. The van der Waals surface area contributed by atoms with E-state index in [2.05, 4.69) is 0 Å². The van der Waals surface area contributed by atoms with Gasteiger partial charge in [0.1, 0.15) is 0 Å². The van der Waals surface area contributed by atoms with Crippen molar-refractivity contribution in [3.8, 4) is 0 Å². The molecule has 0 heterocycles. The lowest BCUT2D eigenvalue weighted by Gasteiger charge is -2.36. The zero-order valence-corrected chi connectivity index (χ0v) is 9.60. The molecule has 0 radical (unpaired) electrons. The molecule has 2 nitrogen and oxygen atoms in total. The monoisotopic (exact) mass is 234 g/mol. The van der Waals surface area contributed by atoms with E-state index >= 15 is 0 Å². The maximum Gasteiger partial charge on any atom is 0.239 e. The van der Waals surface area contributed by atoms with Crippen LogP contribution in [0, 0.1) is 11.8 Å². The minimum Gasteiger partial charge on any atom is -0.212 e. The number of rotatable bonds is 1. The highest BCUT2D eigenvalue weighted by molar-refractivity contribution is 8.14. The molecule has 0 aromatic heterocycles. The van der Waals surface area contributed by atoms with Crippen LogP contribution in [0.2, 0.25) is 0 Å². The van der Waals surface area contributed by atoms with Gasteiger partial charge in [0.2, 0.25) is 9.05 Å². The molecule has 0 amide bonds. The zero-order valence-electron chi connectivity index (χ0n) is 8.02. The van der Waals surface area contributed by atoms with E-state index in [1.165, 1.54) is 6.42 Å². The van der Waals surface area contributed by atoms with Crippen molar-refractivity contribution < 1.29 is 8.42 Å². The van der Waals surface area contributed by atoms with Gasteiger partial charge in [-0.05, 0) is 31.1 Å². The van der Waals surface area contributed by atoms with Crippen LogP contribution in [0.15, 0.2) is 12.2 Å². The molecule has 0 spiro atoms. The van der Waals surface area contributed by atoms with Gasteiger partial charge in [-0.25, -0.2) is 8.42 Å². The number of fused-ring (bicyclic) bond motifs is 1. The van der Waals surface area contributed by atoms with Crippen molar-refractivity contribution in [2.75, 3.05) is 0 Å². The van der Waals surface area contributed by atoms with E-state index in [1.54, 1.807) is 6.08 Å². The quantitative estimate of drug-likeness (QED) is 0.517. The van der Waals surface area contributed by atoms with Gasteiger partial charge in [0.05, 0.1) is 5.25 Å². The molecule has 2 aliphatic rings. The fraction of sp³-hybridized carbons (Fsp3) is 0.800. The third-order valence-electron chi connectivity index (χ3n) is 3.48. The largest absolute Gasteiger partial charge is 0.239 e. The summed E-state index contributed by atoms with van der Waals surface area (Å²) in [6.45, 7) is 0. The molecule has 14 heavy (non-hydrogen) atoms. The summed E-state index contributed by atoms with van der Waals surface area (Å²) in [5, 5.41) is -0.428. The molecule has 1 saturated carbocycles. The Morgan fingerprint density at radius 3 is 2.64 bits per heavy atom. The molecule has 0 N–H and O–H groups in total. The Morgan fingerprint density at radius 1 is 1.21 bits per heavy atom. The van der Waals surface area contributed by atoms with E-state index in [1.807, 2.05) is 6.08 Å². The SMILES string of the molecule is O=S(=O)(Cl)C1C=CCC2CCCCC21. The molecule has 2 rings (SSSR count). The van der Waals surface area contributed by atoms with Gasteiger partial charge in [-0.3, -0.25) is 0 Å². The third-order valence-corrected chi connectivity index (χ3v) is 5.25. The molecule has 2 aliphatic carbocycles. The van der Waals surface area contributed by atoms with Crippen molar-refractivity contribution >= 4 is 19.7 Å². The first kappa shape index (κ1) is 10.5. The summed E-state index contributed by atoms with van der Waals surface area (Å²) in [5.41, 5.74) is 0. The summed E-state index contributed by atoms with van der Waals surface area (Å²) in [7, 11) is 2.04. The van der Waals surface area contributed by atoms with Crippen LogP contribution in [0.3, 0.4) is 0 Å². The molecule has 0 aromatic carbocycles. The van der Waals surface area contributed by atoms with Gasteiger partial charge in [0.25, 0.3) is 0 Å². The normalized spacial score (nSPS) is 37.9. The van der Waals surface area contributed by atoms with Gasteiger partial charge in [0.15, 0.2) is 0 Å². The summed E-state index contributed by atoms with van der Waals surface area (Å²) in [6, 6.07) is 0. The van der Waals surface area contributed by atoms with Gasteiger partial charge < -0.3 is 0 Å². The molecular formula is C10H15ClO2S. The van der Waals surface area contributed by atoms with Crippen LogP contribution in [-0.2, 0) is 9.05 Å². The second-order valence-electron chi connectivity index (χ2n) is 4.31. The van der Waals surface area contributed by atoms with Crippen molar-refractivity contribution in [3.05, 3.63) is 12.2 Å². The van der Waals surface area contributed by atoms with Crippen molar-refractivity contribution in [1.29, 1.82) is 0 Å². The van der Waals surface area contributed by atoms with Gasteiger partial charge in [-0.15, -0.1) is 0 Å². The van der Waals surface area contributed by atoms with Crippen LogP contribution >= 0.6 is 10.7 Å². The average Bonchev–Trinajstić information content (AvgIpc) is 2.15. The Morgan fingerprint density at radius 2 is 1.93 bits per heavy atom. The second-order valence-corrected chi connectivity index (χ2v) is 7.10.